The average Bonchev–Trinajstić information content (AvgIpc) is 2.89. The fraction of sp³-hybridized carbons (Fsp3) is 0.636. The number of amides is 2. The van der Waals surface area contributed by atoms with Gasteiger partial charge in [0.1, 0.15) is 5.82 Å². The van der Waals surface area contributed by atoms with Gasteiger partial charge in [-0.05, 0) is 6.42 Å². The van der Waals surface area contributed by atoms with Gasteiger partial charge in [-0.1, -0.05) is 0 Å². The molecule has 1 unspecified atom stereocenters. The van der Waals surface area contributed by atoms with E-state index in [4.69, 9.17) is 4.74 Å². The second-order valence-corrected chi connectivity index (χ2v) is 4.63. The lowest BCUT2D eigenvalue weighted by Crippen LogP contribution is -2.45. The number of ether oxygens (including phenoxy) is 1. The second-order valence-electron chi connectivity index (χ2n) is 4.63. The highest BCUT2D eigenvalue weighted by Gasteiger charge is 2.23. The lowest BCUT2D eigenvalue weighted by atomic mass is 10.2. The van der Waals surface area contributed by atoms with E-state index < -0.39 is 0 Å². The van der Waals surface area contributed by atoms with Gasteiger partial charge in [-0.15, -0.1) is 0 Å². The van der Waals surface area contributed by atoms with Crippen LogP contribution in [0.4, 0.5) is 10.6 Å². The van der Waals surface area contributed by atoms with Crippen LogP contribution in [-0.2, 0) is 4.74 Å². The summed E-state index contributed by atoms with van der Waals surface area (Å²) >= 11 is 0. The van der Waals surface area contributed by atoms with Crippen LogP contribution in [0.1, 0.15) is 12.5 Å². The smallest absolute Gasteiger partial charge is 0.320 e. The van der Waals surface area contributed by atoms with E-state index >= 15 is 0 Å². The molecule has 0 bridgehead atoms. The quantitative estimate of drug-likeness (QED) is 0.703. The Hall–Kier alpha value is -1.60. The summed E-state index contributed by atoms with van der Waals surface area (Å²) < 4.78 is 7.06. The van der Waals surface area contributed by atoms with Gasteiger partial charge in [-0.2, -0.15) is 5.10 Å². The molecule has 0 aliphatic carbocycles. The molecule has 1 aromatic heterocycles. The molecule has 98 valence electrons. The van der Waals surface area contributed by atoms with Crippen LogP contribution in [0.5, 0.6) is 0 Å². The van der Waals surface area contributed by atoms with Gasteiger partial charge >= 0.3 is 6.03 Å². The van der Waals surface area contributed by atoms with Crippen molar-refractivity contribution >= 4 is 11.8 Å². The molecular formula is C11H17N5O2. The molecule has 2 saturated heterocycles. The molecule has 0 radical (unpaired) electrons. The molecule has 0 spiro atoms. The number of anilines is 1. The van der Waals surface area contributed by atoms with Crippen molar-refractivity contribution in [1.29, 1.82) is 0 Å². The van der Waals surface area contributed by atoms with Gasteiger partial charge < -0.3 is 15.4 Å². The molecule has 3 heterocycles. The number of carbonyl (C=O) groups excluding carboxylic acids is 1. The highest BCUT2D eigenvalue weighted by Crippen LogP contribution is 2.17. The van der Waals surface area contributed by atoms with Crippen molar-refractivity contribution in [2.24, 2.45) is 0 Å². The SMILES string of the molecule is O=C(Nc1ccnn1C1CNC1)NC1CCOC1. The number of rotatable bonds is 3. The summed E-state index contributed by atoms with van der Waals surface area (Å²) in [5.74, 6) is 0.734. The molecule has 7 nitrogen and oxygen atoms in total. The number of urea groups is 1. The molecule has 3 rings (SSSR count). The normalized spacial score (nSPS) is 23.7. The monoisotopic (exact) mass is 251 g/mol. The van der Waals surface area contributed by atoms with Crippen LogP contribution in [-0.4, -0.2) is 48.2 Å². The highest BCUT2D eigenvalue weighted by molar-refractivity contribution is 5.88. The third kappa shape index (κ3) is 2.32. The summed E-state index contributed by atoms with van der Waals surface area (Å²) in [6.45, 7) is 3.11. The summed E-state index contributed by atoms with van der Waals surface area (Å²) in [4.78, 5) is 11.8. The maximum atomic E-state index is 11.8. The molecular weight excluding hydrogens is 234 g/mol. The van der Waals surface area contributed by atoms with E-state index in [0.717, 1.165) is 31.9 Å². The Labute approximate surface area is 105 Å². The first-order chi connectivity index (χ1) is 8.83. The molecule has 0 aromatic carbocycles. The van der Waals surface area contributed by atoms with Gasteiger partial charge in [0.05, 0.1) is 24.9 Å². The first-order valence-electron chi connectivity index (χ1n) is 6.22. The van der Waals surface area contributed by atoms with Crippen molar-refractivity contribution in [3.8, 4) is 0 Å². The number of hydrogen-bond donors (Lipinski definition) is 3. The molecule has 3 N–H and O–H groups in total. The number of nitrogens with one attached hydrogen (secondary N) is 3. The zero-order chi connectivity index (χ0) is 12.4. The Morgan fingerprint density at radius 3 is 3.11 bits per heavy atom. The number of aromatic nitrogens is 2. The summed E-state index contributed by atoms with van der Waals surface area (Å²) in [7, 11) is 0. The lowest BCUT2D eigenvalue weighted by molar-refractivity contribution is 0.189. The van der Waals surface area contributed by atoms with Gasteiger partial charge in [0.2, 0.25) is 0 Å². The van der Waals surface area contributed by atoms with Crippen LogP contribution >= 0.6 is 0 Å². The van der Waals surface area contributed by atoms with Gasteiger partial charge in [-0.25, -0.2) is 9.48 Å². The standard InChI is InChI=1S/C11H17N5O2/c17-11(14-8-2-4-18-7-8)15-10-1-3-13-16(10)9-5-12-6-9/h1,3,8-9,12H,2,4-7H2,(H2,14,15,17). The van der Waals surface area contributed by atoms with Crippen LogP contribution in [0.2, 0.25) is 0 Å². The first kappa shape index (κ1) is 11.5. The van der Waals surface area contributed by atoms with Crippen LogP contribution in [0.15, 0.2) is 12.3 Å². The minimum atomic E-state index is -0.195. The molecule has 2 fully saturated rings. The Kier molecular flexibility index (Phi) is 3.16. The molecule has 2 aliphatic rings. The molecule has 2 aliphatic heterocycles. The summed E-state index contributed by atoms with van der Waals surface area (Å²) in [6.07, 6.45) is 2.58. The molecule has 7 heteroatoms. The number of nitrogens with zero attached hydrogens (tertiary/aromatic N) is 2. The van der Waals surface area contributed by atoms with Crippen molar-refractivity contribution in [2.75, 3.05) is 31.6 Å². The minimum Gasteiger partial charge on any atom is -0.379 e. The van der Waals surface area contributed by atoms with E-state index in [9.17, 15) is 4.79 Å². The fourth-order valence-electron chi connectivity index (χ4n) is 2.14. The van der Waals surface area contributed by atoms with E-state index in [1.807, 2.05) is 10.7 Å². The highest BCUT2D eigenvalue weighted by atomic mass is 16.5. The molecule has 0 saturated carbocycles. The maximum absolute atomic E-state index is 11.8. The van der Waals surface area contributed by atoms with Crippen LogP contribution in [0.25, 0.3) is 0 Å². The van der Waals surface area contributed by atoms with Crippen LogP contribution < -0.4 is 16.0 Å². The number of hydrogen-bond acceptors (Lipinski definition) is 4. The predicted molar refractivity (Wildman–Crippen MR) is 65.5 cm³/mol. The summed E-state index contributed by atoms with van der Waals surface area (Å²) in [5, 5.41) is 13.1. The van der Waals surface area contributed by atoms with Gasteiger partial charge in [0.15, 0.2) is 0 Å². The van der Waals surface area contributed by atoms with Gasteiger partial charge in [0.25, 0.3) is 0 Å². The first-order valence-corrected chi connectivity index (χ1v) is 6.22. The van der Waals surface area contributed by atoms with E-state index in [2.05, 4.69) is 21.0 Å². The third-order valence-electron chi connectivity index (χ3n) is 3.28. The van der Waals surface area contributed by atoms with E-state index in [0.29, 0.717) is 12.6 Å². The van der Waals surface area contributed by atoms with Crippen molar-refractivity contribution < 1.29 is 9.53 Å². The lowest BCUT2D eigenvalue weighted by Gasteiger charge is -2.28. The topological polar surface area (TPSA) is 80.2 Å². The van der Waals surface area contributed by atoms with Crippen molar-refractivity contribution in [3.63, 3.8) is 0 Å². The zero-order valence-corrected chi connectivity index (χ0v) is 10.1. The van der Waals surface area contributed by atoms with Crippen molar-refractivity contribution in [3.05, 3.63) is 12.3 Å². The number of carbonyl (C=O) groups is 1. The zero-order valence-electron chi connectivity index (χ0n) is 10.1. The molecule has 1 aromatic rings. The average molecular weight is 251 g/mol. The third-order valence-corrected chi connectivity index (χ3v) is 3.28. The van der Waals surface area contributed by atoms with E-state index in [1.54, 1.807) is 6.20 Å². The maximum Gasteiger partial charge on any atom is 0.320 e. The molecule has 1 atom stereocenters. The van der Waals surface area contributed by atoms with Crippen molar-refractivity contribution in [1.82, 2.24) is 20.4 Å². The Bertz CT molecular complexity index is 423. The Morgan fingerprint density at radius 1 is 1.56 bits per heavy atom. The second kappa shape index (κ2) is 4.95. The predicted octanol–water partition coefficient (Wildman–Crippen LogP) is -0.0622. The molecule has 2 amide bonds. The summed E-state index contributed by atoms with van der Waals surface area (Å²) in [5.41, 5.74) is 0. The van der Waals surface area contributed by atoms with Crippen LogP contribution in [0.3, 0.4) is 0 Å². The van der Waals surface area contributed by atoms with Gasteiger partial charge in [-0.3, -0.25) is 5.32 Å². The fourth-order valence-corrected chi connectivity index (χ4v) is 2.14. The molecule has 18 heavy (non-hydrogen) atoms. The largest absolute Gasteiger partial charge is 0.379 e. The Morgan fingerprint density at radius 2 is 2.44 bits per heavy atom. The van der Waals surface area contributed by atoms with Crippen molar-refractivity contribution in [2.45, 2.75) is 18.5 Å². The van der Waals surface area contributed by atoms with E-state index in [-0.39, 0.29) is 12.1 Å². The Balaban J connectivity index is 1.57. The minimum absolute atomic E-state index is 0.117. The van der Waals surface area contributed by atoms with E-state index in [1.165, 1.54) is 0 Å². The van der Waals surface area contributed by atoms with Crippen LogP contribution in [0, 0.1) is 0 Å². The summed E-state index contributed by atoms with van der Waals surface area (Å²) in [6, 6.07) is 2.07. The van der Waals surface area contributed by atoms with Gasteiger partial charge in [0, 0.05) is 25.8 Å².